The van der Waals surface area contributed by atoms with Crippen molar-refractivity contribution in [2.45, 2.75) is 118 Å². The first-order chi connectivity index (χ1) is 24.2. The summed E-state index contributed by atoms with van der Waals surface area (Å²) in [5.74, 6) is 3.82. The fourth-order valence-electron chi connectivity index (χ4n) is 11.8. The van der Waals surface area contributed by atoms with E-state index in [1.807, 2.05) is 6.07 Å². The molecule has 3 aromatic rings. The van der Waals surface area contributed by atoms with Crippen LogP contribution >= 0.6 is 0 Å². The van der Waals surface area contributed by atoms with E-state index >= 15 is 0 Å². The molecular formula is C50H56Zr. The van der Waals surface area contributed by atoms with Crippen molar-refractivity contribution in [3.8, 4) is 11.1 Å². The molecule has 8 aliphatic rings. The summed E-state index contributed by atoms with van der Waals surface area (Å²) < 4.78 is 2.17. The van der Waals surface area contributed by atoms with Crippen molar-refractivity contribution in [2.24, 2.45) is 29.1 Å². The summed E-state index contributed by atoms with van der Waals surface area (Å²) in [5, 5.41) is 0. The van der Waals surface area contributed by atoms with Gasteiger partial charge in [-0.2, -0.15) is 17.2 Å². The Morgan fingerprint density at radius 3 is 1.88 bits per heavy atom. The topological polar surface area (TPSA) is 0 Å². The second kappa shape index (κ2) is 13.0. The molecule has 1 heteroatoms. The monoisotopic (exact) mass is 746 g/mol. The summed E-state index contributed by atoms with van der Waals surface area (Å²) in [4.78, 5) is 0. The van der Waals surface area contributed by atoms with Gasteiger partial charge < -0.3 is 0 Å². The first-order valence-electron chi connectivity index (χ1n) is 19.8. The fraction of sp³-hybridized carbons (Fsp3) is 0.460. The SMILES string of the molecule is CC1=[C-]C(C)(C)c2cc3c(cc21)-c1cc2c(cc1C3)C(C)(C)C=C2C.CC1=[C-]C(C)C=C1CC12CC3CC(CC(C3)C1)C2.[Zr+2]=[CH]c1ccccc1. The van der Waals surface area contributed by atoms with Gasteiger partial charge in [-0.15, -0.1) is 11.6 Å². The van der Waals surface area contributed by atoms with Gasteiger partial charge in [-0.3, -0.25) is 12.2 Å². The van der Waals surface area contributed by atoms with Gasteiger partial charge in [0, 0.05) is 5.41 Å². The molecule has 4 fully saturated rings. The third kappa shape index (κ3) is 6.62. The Bertz CT molecular complexity index is 1900. The van der Waals surface area contributed by atoms with Gasteiger partial charge >= 0.3 is 63.8 Å². The minimum atomic E-state index is 0.0340. The summed E-state index contributed by atoms with van der Waals surface area (Å²) in [7, 11) is 0. The molecule has 51 heavy (non-hydrogen) atoms. The minimum absolute atomic E-state index is 0.0340. The molecule has 8 aliphatic carbocycles. The van der Waals surface area contributed by atoms with Crippen LogP contribution in [0, 0.1) is 41.2 Å². The molecule has 0 amide bonds. The van der Waals surface area contributed by atoms with Gasteiger partial charge in [0.2, 0.25) is 0 Å². The van der Waals surface area contributed by atoms with Crippen LogP contribution < -0.4 is 0 Å². The number of benzene rings is 3. The number of hydrogen-bond acceptors (Lipinski definition) is 0. The van der Waals surface area contributed by atoms with Crippen molar-refractivity contribution >= 4 is 14.9 Å². The standard InChI is InChI=1S/C25H25.C18H25.C7H6.Zr/c1-14-12-24(3,4)22-8-16-7-17-9-23-19(15(2)13-25(23,5)6)11-21(17)20(16)10-18(14)22;1-12-3-13(2)17(4-12)11-18-8-14-5-15(9-18)7-16(6-14)10-18;1-7-5-3-2-4-6-7;/h8-12H,7H2,1-6H3;4,12,14-16H,5-11H2,1-2H3;1-6H;/q2*-1;;+2. The molecule has 0 radical (unpaired) electrons. The number of hydrogen-bond donors (Lipinski definition) is 0. The predicted octanol–water partition coefficient (Wildman–Crippen LogP) is 12.8. The second-order valence-electron chi connectivity index (χ2n) is 18.6. The number of allylic oxidation sites excluding steroid dienone is 8. The molecule has 260 valence electrons. The van der Waals surface area contributed by atoms with Crippen LogP contribution in [0.1, 0.15) is 139 Å². The van der Waals surface area contributed by atoms with E-state index in [-0.39, 0.29) is 10.8 Å². The van der Waals surface area contributed by atoms with Crippen molar-refractivity contribution in [1.29, 1.82) is 0 Å². The predicted molar refractivity (Wildman–Crippen MR) is 213 cm³/mol. The quantitative estimate of drug-likeness (QED) is 0.183. The molecule has 0 spiro atoms. The van der Waals surface area contributed by atoms with Crippen molar-refractivity contribution in [2.75, 3.05) is 0 Å². The molecule has 0 N–H and O–H groups in total. The van der Waals surface area contributed by atoms with E-state index < -0.39 is 0 Å². The Labute approximate surface area is 324 Å². The van der Waals surface area contributed by atoms with Gasteiger partial charge in [0.25, 0.3) is 0 Å². The summed E-state index contributed by atoms with van der Waals surface area (Å²) in [6, 6.07) is 20.2. The molecule has 0 aromatic heterocycles. The van der Waals surface area contributed by atoms with Gasteiger partial charge in [0.15, 0.2) is 0 Å². The third-order valence-electron chi connectivity index (χ3n) is 13.5. The Hall–Kier alpha value is -2.63. The van der Waals surface area contributed by atoms with Crippen LogP contribution in [0.4, 0.5) is 0 Å². The first kappa shape index (κ1) is 35.4. The molecule has 0 saturated heterocycles. The van der Waals surface area contributed by atoms with Crippen LogP contribution in [-0.4, -0.2) is 3.71 Å². The van der Waals surface area contributed by atoms with E-state index in [0.717, 1.165) is 24.2 Å². The van der Waals surface area contributed by atoms with Gasteiger partial charge in [0.05, 0.1) is 0 Å². The molecule has 4 bridgehead atoms. The second-order valence-corrected chi connectivity index (χ2v) is 19.3. The maximum absolute atomic E-state index is 3.65. The van der Waals surface area contributed by atoms with Crippen LogP contribution in [0.3, 0.4) is 0 Å². The van der Waals surface area contributed by atoms with Crippen LogP contribution in [0.25, 0.3) is 22.3 Å². The first-order valence-corrected chi connectivity index (χ1v) is 21.2. The van der Waals surface area contributed by atoms with Crippen LogP contribution in [0.2, 0.25) is 0 Å². The maximum atomic E-state index is 3.65. The van der Waals surface area contributed by atoms with E-state index in [0.29, 0.717) is 11.3 Å². The molecule has 1 atom stereocenters. The molecule has 0 aliphatic heterocycles. The molecule has 0 heterocycles. The fourth-order valence-corrected chi connectivity index (χ4v) is 12.3. The van der Waals surface area contributed by atoms with E-state index in [9.17, 15) is 0 Å². The van der Waals surface area contributed by atoms with Crippen molar-refractivity contribution < 1.29 is 24.2 Å². The van der Waals surface area contributed by atoms with Gasteiger partial charge in [0.1, 0.15) is 0 Å². The number of rotatable bonds is 3. The van der Waals surface area contributed by atoms with Crippen LogP contribution in [-0.2, 0) is 41.5 Å². The van der Waals surface area contributed by atoms with Crippen LogP contribution in [0.15, 0.2) is 77.9 Å². The number of fused-ring (bicyclic) bond motifs is 5. The Balaban J connectivity index is 0.000000125. The summed E-state index contributed by atoms with van der Waals surface area (Å²) in [5.41, 5.74) is 19.7. The van der Waals surface area contributed by atoms with E-state index in [4.69, 9.17) is 0 Å². The Morgan fingerprint density at radius 2 is 1.33 bits per heavy atom. The molecular weight excluding hydrogens is 692 g/mol. The molecule has 4 saturated carbocycles. The Kier molecular flexibility index (Phi) is 9.06. The molecule has 0 nitrogen and oxygen atoms in total. The van der Waals surface area contributed by atoms with E-state index in [1.165, 1.54) is 97.4 Å². The molecule has 1 unspecified atom stereocenters. The van der Waals surface area contributed by atoms with Crippen molar-refractivity contribution in [3.05, 3.63) is 129 Å². The van der Waals surface area contributed by atoms with Gasteiger partial charge in [-0.25, -0.2) is 11.1 Å². The molecule has 3 aromatic carbocycles. The average molecular weight is 748 g/mol. The summed E-state index contributed by atoms with van der Waals surface area (Å²) in [6.07, 6.45) is 23.9. The Morgan fingerprint density at radius 1 is 0.745 bits per heavy atom. The van der Waals surface area contributed by atoms with Crippen LogP contribution in [0.5, 0.6) is 0 Å². The summed E-state index contributed by atoms with van der Waals surface area (Å²) >= 11 is 1.46. The van der Waals surface area contributed by atoms with Gasteiger partial charge in [-0.1, -0.05) is 84.4 Å². The zero-order valence-electron chi connectivity index (χ0n) is 32.4. The van der Waals surface area contributed by atoms with Crippen molar-refractivity contribution in [3.63, 3.8) is 0 Å². The molecule has 11 rings (SSSR count). The normalized spacial score (nSPS) is 28.9. The zero-order valence-corrected chi connectivity index (χ0v) is 34.9. The van der Waals surface area contributed by atoms with E-state index in [1.54, 1.807) is 44.1 Å². The third-order valence-corrected chi connectivity index (χ3v) is 14.3. The van der Waals surface area contributed by atoms with Gasteiger partial charge in [-0.05, 0) is 120 Å². The summed E-state index contributed by atoms with van der Waals surface area (Å²) in [6.45, 7) is 18.2. The van der Waals surface area contributed by atoms with E-state index in [2.05, 4.69) is 132 Å². The zero-order chi connectivity index (χ0) is 35.9. The average Bonchev–Trinajstić information content (AvgIpc) is 3.72. The van der Waals surface area contributed by atoms with Crippen molar-refractivity contribution in [1.82, 2.24) is 0 Å².